The minimum Gasteiger partial charge on any atom is -0.357 e. The maximum atomic E-state index is 12.5. The van der Waals surface area contributed by atoms with E-state index >= 15 is 0 Å². The van der Waals surface area contributed by atoms with Crippen molar-refractivity contribution < 1.29 is 0 Å². The van der Waals surface area contributed by atoms with E-state index < -0.39 is 0 Å². The van der Waals surface area contributed by atoms with Crippen LogP contribution in [0.25, 0.3) is 16.7 Å². The topological polar surface area (TPSA) is 92.1 Å². The summed E-state index contributed by atoms with van der Waals surface area (Å²) in [5.74, 6) is 1.48. The van der Waals surface area contributed by atoms with Crippen molar-refractivity contribution in [3.8, 4) is 0 Å². The molecular weight excluding hydrogens is 330 g/mol. The molecule has 0 saturated carbocycles. The van der Waals surface area contributed by atoms with Gasteiger partial charge in [0.05, 0.1) is 6.20 Å². The number of imidazole rings is 1. The number of aromatic amines is 1. The maximum Gasteiger partial charge on any atom is 0.274 e. The van der Waals surface area contributed by atoms with E-state index in [-0.39, 0.29) is 5.56 Å². The molecule has 0 fully saturated rings. The van der Waals surface area contributed by atoms with Crippen LogP contribution in [0.3, 0.4) is 0 Å². The summed E-state index contributed by atoms with van der Waals surface area (Å²) in [4.78, 5) is 34.9. The summed E-state index contributed by atoms with van der Waals surface area (Å²) in [6.45, 7) is 2.72. The SMILES string of the molecule is CCc1ncc2c(=O)[nH]c3c(N(C)CCc4ccccn4)ncnc3n12. The van der Waals surface area contributed by atoms with Crippen molar-refractivity contribution in [1.29, 1.82) is 0 Å². The first-order valence-electron chi connectivity index (χ1n) is 8.53. The monoisotopic (exact) mass is 349 g/mol. The molecule has 0 saturated heterocycles. The normalized spacial score (nSPS) is 11.3. The van der Waals surface area contributed by atoms with Gasteiger partial charge in [-0.1, -0.05) is 13.0 Å². The lowest BCUT2D eigenvalue weighted by molar-refractivity contribution is 0.837. The smallest absolute Gasteiger partial charge is 0.274 e. The van der Waals surface area contributed by atoms with Gasteiger partial charge < -0.3 is 9.88 Å². The minimum absolute atomic E-state index is 0.195. The number of hydrogen-bond donors (Lipinski definition) is 1. The molecule has 132 valence electrons. The molecule has 0 aromatic carbocycles. The lowest BCUT2D eigenvalue weighted by Gasteiger charge is -2.19. The third-order valence-corrected chi connectivity index (χ3v) is 4.43. The average molecular weight is 349 g/mol. The zero-order valence-corrected chi connectivity index (χ0v) is 14.7. The summed E-state index contributed by atoms with van der Waals surface area (Å²) < 4.78 is 1.81. The predicted molar refractivity (Wildman–Crippen MR) is 99.5 cm³/mol. The number of anilines is 1. The zero-order chi connectivity index (χ0) is 18.1. The van der Waals surface area contributed by atoms with Crippen molar-refractivity contribution >= 4 is 22.5 Å². The Morgan fingerprint density at radius 3 is 2.85 bits per heavy atom. The molecule has 0 unspecified atom stereocenters. The number of aryl methyl sites for hydroxylation is 1. The number of fused-ring (bicyclic) bond motifs is 3. The van der Waals surface area contributed by atoms with Gasteiger partial charge >= 0.3 is 0 Å². The second kappa shape index (κ2) is 6.55. The number of nitrogens with zero attached hydrogens (tertiary/aromatic N) is 6. The maximum absolute atomic E-state index is 12.5. The highest BCUT2D eigenvalue weighted by Gasteiger charge is 2.16. The van der Waals surface area contributed by atoms with Crippen LogP contribution in [0.1, 0.15) is 18.4 Å². The lowest BCUT2D eigenvalue weighted by Crippen LogP contribution is -2.24. The van der Waals surface area contributed by atoms with Crippen LogP contribution in [0.5, 0.6) is 0 Å². The van der Waals surface area contributed by atoms with Crippen LogP contribution in [0.4, 0.5) is 5.82 Å². The fourth-order valence-corrected chi connectivity index (χ4v) is 3.09. The van der Waals surface area contributed by atoms with Gasteiger partial charge in [0.25, 0.3) is 5.56 Å². The largest absolute Gasteiger partial charge is 0.357 e. The molecule has 4 rings (SSSR count). The summed E-state index contributed by atoms with van der Waals surface area (Å²) in [5, 5.41) is 0. The summed E-state index contributed by atoms with van der Waals surface area (Å²) in [5.41, 5.74) is 2.58. The fourth-order valence-electron chi connectivity index (χ4n) is 3.09. The minimum atomic E-state index is -0.195. The standard InChI is InChI=1S/C18H19N7O/c1-3-14-20-10-13-18(26)23-15-16(21-11-22-17(15)25(13)14)24(2)9-7-12-6-4-5-8-19-12/h4-6,8,10-11H,3,7,9H2,1-2H3,(H,23,26). The Labute approximate surface area is 149 Å². The molecule has 1 N–H and O–H groups in total. The molecule has 4 heterocycles. The van der Waals surface area contributed by atoms with Crippen LogP contribution < -0.4 is 10.5 Å². The van der Waals surface area contributed by atoms with E-state index in [1.165, 1.54) is 6.33 Å². The van der Waals surface area contributed by atoms with Gasteiger partial charge in [0, 0.05) is 38.3 Å². The van der Waals surface area contributed by atoms with Crippen molar-refractivity contribution in [3.05, 3.63) is 58.8 Å². The number of pyridine rings is 1. The van der Waals surface area contributed by atoms with Crippen molar-refractivity contribution in [1.82, 2.24) is 29.3 Å². The van der Waals surface area contributed by atoms with Gasteiger partial charge in [-0.25, -0.2) is 15.0 Å². The van der Waals surface area contributed by atoms with Crippen LogP contribution in [0, 0.1) is 0 Å². The summed E-state index contributed by atoms with van der Waals surface area (Å²) in [7, 11) is 1.95. The second-order valence-corrected chi connectivity index (χ2v) is 6.09. The summed E-state index contributed by atoms with van der Waals surface area (Å²) in [6, 6.07) is 5.87. The first-order valence-corrected chi connectivity index (χ1v) is 8.53. The van der Waals surface area contributed by atoms with Gasteiger partial charge in [0.1, 0.15) is 23.2 Å². The Balaban J connectivity index is 1.78. The van der Waals surface area contributed by atoms with Gasteiger partial charge in [-0.05, 0) is 12.1 Å². The summed E-state index contributed by atoms with van der Waals surface area (Å²) in [6.07, 6.45) is 6.38. The van der Waals surface area contributed by atoms with Gasteiger partial charge in [0.2, 0.25) is 0 Å². The second-order valence-electron chi connectivity index (χ2n) is 6.09. The third-order valence-electron chi connectivity index (χ3n) is 4.43. The Morgan fingerprint density at radius 2 is 2.08 bits per heavy atom. The fraction of sp³-hybridized carbons (Fsp3) is 0.278. The molecule has 0 amide bonds. The number of H-pyrrole nitrogens is 1. The average Bonchev–Trinajstić information content (AvgIpc) is 3.12. The van der Waals surface area contributed by atoms with Crippen LogP contribution in [0.2, 0.25) is 0 Å². The molecular formula is C18H19N7O. The van der Waals surface area contributed by atoms with Crippen LogP contribution in [-0.2, 0) is 12.8 Å². The highest BCUT2D eigenvalue weighted by atomic mass is 16.1. The Morgan fingerprint density at radius 1 is 1.19 bits per heavy atom. The van der Waals surface area contributed by atoms with E-state index in [9.17, 15) is 4.79 Å². The zero-order valence-electron chi connectivity index (χ0n) is 14.7. The number of aromatic nitrogens is 6. The van der Waals surface area contributed by atoms with E-state index in [1.807, 2.05) is 41.5 Å². The van der Waals surface area contributed by atoms with Crippen molar-refractivity contribution in [2.24, 2.45) is 0 Å². The van der Waals surface area contributed by atoms with Gasteiger partial charge in [-0.15, -0.1) is 0 Å². The van der Waals surface area contributed by atoms with Gasteiger partial charge in [-0.3, -0.25) is 14.2 Å². The van der Waals surface area contributed by atoms with Gasteiger partial charge in [0.15, 0.2) is 11.5 Å². The quantitative estimate of drug-likeness (QED) is 0.588. The molecule has 0 aliphatic carbocycles. The Hall–Kier alpha value is -3.29. The molecule has 0 bridgehead atoms. The van der Waals surface area contributed by atoms with E-state index in [4.69, 9.17) is 0 Å². The molecule has 0 aliphatic rings. The Kier molecular flexibility index (Phi) is 4.08. The van der Waals surface area contributed by atoms with Crippen LogP contribution in [-0.4, -0.2) is 42.9 Å². The summed E-state index contributed by atoms with van der Waals surface area (Å²) >= 11 is 0. The molecule has 4 aromatic heterocycles. The molecule has 26 heavy (non-hydrogen) atoms. The van der Waals surface area contributed by atoms with Crippen molar-refractivity contribution in [2.45, 2.75) is 19.8 Å². The molecule has 0 radical (unpaired) electrons. The number of rotatable bonds is 5. The molecule has 8 nitrogen and oxygen atoms in total. The first-order chi connectivity index (χ1) is 12.7. The highest BCUT2D eigenvalue weighted by molar-refractivity contribution is 5.84. The lowest BCUT2D eigenvalue weighted by atomic mass is 10.2. The van der Waals surface area contributed by atoms with Crippen molar-refractivity contribution in [2.75, 3.05) is 18.5 Å². The van der Waals surface area contributed by atoms with Crippen molar-refractivity contribution in [3.63, 3.8) is 0 Å². The van der Waals surface area contributed by atoms with E-state index in [0.717, 1.165) is 17.9 Å². The first kappa shape index (κ1) is 16.2. The molecule has 0 spiro atoms. The highest BCUT2D eigenvalue weighted by Crippen LogP contribution is 2.20. The van der Waals surface area contributed by atoms with Crippen LogP contribution >= 0.6 is 0 Å². The molecule has 0 atom stereocenters. The van der Waals surface area contributed by atoms with E-state index in [0.29, 0.717) is 35.5 Å². The number of likely N-dealkylation sites (N-methyl/N-ethyl adjacent to an activating group) is 1. The predicted octanol–water partition coefficient (Wildman–Crippen LogP) is 1.60. The van der Waals surface area contributed by atoms with E-state index in [2.05, 4.69) is 24.9 Å². The Bertz CT molecular complexity index is 1120. The van der Waals surface area contributed by atoms with E-state index in [1.54, 1.807) is 12.4 Å². The van der Waals surface area contributed by atoms with Gasteiger partial charge in [-0.2, -0.15) is 0 Å². The molecule has 0 aliphatic heterocycles. The number of hydrogen-bond acceptors (Lipinski definition) is 6. The molecule has 8 heteroatoms. The third kappa shape index (κ3) is 2.69. The van der Waals surface area contributed by atoms with Crippen LogP contribution in [0.15, 0.2) is 41.7 Å². The molecule has 4 aromatic rings. The number of nitrogens with one attached hydrogen (secondary N) is 1.